The lowest BCUT2D eigenvalue weighted by molar-refractivity contribution is 0.628. The largest absolute Gasteiger partial charge is 0.338 e. The van der Waals surface area contributed by atoms with E-state index in [1.807, 2.05) is 6.07 Å². The van der Waals surface area contributed by atoms with Crippen molar-refractivity contribution in [1.82, 2.24) is 9.97 Å². The highest BCUT2D eigenvalue weighted by molar-refractivity contribution is 9.10. The summed E-state index contributed by atoms with van der Waals surface area (Å²) in [5, 5.41) is 0.573. The van der Waals surface area contributed by atoms with Gasteiger partial charge < -0.3 is 4.98 Å². The molecule has 2 nitrogen and oxygen atoms in total. The molecule has 0 aliphatic heterocycles. The molecule has 0 bridgehead atoms. The first-order chi connectivity index (χ1) is 8.63. The van der Waals surface area contributed by atoms with Crippen LogP contribution in [0.2, 0.25) is 5.02 Å². The van der Waals surface area contributed by atoms with Crippen LogP contribution in [0.25, 0.3) is 22.4 Å². The summed E-state index contributed by atoms with van der Waals surface area (Å²) in [5.41, 5.74) is 2.37. The molecule has 3 aromatic rings. The second-order valence-electron chi connectivity index (χ2n) is 3.88. The number of benzene rings is 2. The molecule has 0 saturated heterocycles. The number of rotatable bonds is 1. The van der Waals surface area contributed by atoms with Crippen molar-refractivity contribution >= 4 is 38.6 Å². The van der Waals surface area contributed by atoms with E-state index < -0.39 is 0 Å². The summed E-state index contributed by atoms with van der Waals surface area (Å²) in [6.07, 6.45) is 0. The monoisotopic (exact) mass is 324 g/mol. The fourth-order valence-corrected chi connectivity index (χ4v) is 2.64. The maximum absolute atomic E-state index is 12.9. The third-order valence-corrected chi connectivity index (χ3v) is 3.37. The van der Waals surface area contributed by atoms with Gasteiger partial charge in [-0.2, -0.15) is 0 Å². The molecule has 0 saturated carbocycles. The van der Waals surface area contributed by atoms with E-state index in [1.165, 1.54) is 12.1 Å². The van der Waals surface area contributed by atoms with Crippen molar-refractivity contribution in [2.24, 2.45) is 0 Å². The Kier molecular flexibility index (Phi) is 2.84. The highest BCUT2D eigenvalue weighted by Gasteiger charge is 2.09. The topological polar surface area (TPSA) is 28.7 Å². The van der Waals surface area contributed by atoms with Crippen LogP contribution in [-0.2, 0) is 0 Å². The van der Waals surface area contributed by atoms with Crippen LogP contribution >= 0.6 is 27.5 Å². The van der Waals surface area contributed by atoms with E-state index in [0.717, 1.165) is 15.6 Å². The van der Waals surface area contributed by atoms with Gasteiger partial charge in [0.2, 0.25) is 0 Å². The van der Waals surface area contributed by atoms with Crippen LogP contribution in [0.5, 0.6) is 0 Å². The van der Waals surface area contributed by atoms with Crippen molar-refractivity contribution < 1.29 is 4.39 Å². The third-order valence-electron chi connectivity index (χ3n) is 2.62. The molecular weight excluding hydrogens is 319 g/mol. The van der Waals surface area contributed by atoms with Gasteiger partial charge in [0.05, 0.1) is 10.5 Å². The molecule has 1 aromatic heterocycles. The summed E-state index contributed by atoms with van der Waals surface area (Å²) >= 11 is 9.49. The van der Waals surface area contributed by atoms with Crippen molar-refractivity contribution in [2.75, 3.05) is 0 Å². The van der Waals surface area contributed by atoms with Crippen LogP contribution in [0.4, 0.5) is 4.39 Å². The van der Waals surface area contributed by atoms with Gasteiger partial charge >= 0.3 is 0 Å². The maximum Gasteiger partial charge on any atom is 0.138 e. The van der Waals surface area contributed by atoms with Crippen molar-refractivity contribution in [2.45, 2.75) is 0 Å². The number of nitrogens with zero attached hydrogens (tertiary/aromatic N) is 1. The number of hydrogen-bond donors (Lipinski definition) is 1. The zero-order chi connectivity index (χ0) is 12.7. The van der Waals surface area contributed by atoms with Gasteiger partial charge in [-0.15, -0.1) is 0 Å². The fraction of sp³-hybridized carbons (Fsp3) is 0. The predicted molar refractivity (Wildman–Crippen MR) is 74.2 cm³/mol. The van der Waals surface area contributed by atoms with Crippen LogP contribution in [0, 0.1) is 5.82 Å². The smallest absolute Gasteiger partial charge is 0.138 e. The zero-order valence-corrected chi connectivity index (χ0v) is 11.4. The molecule has 1 N–H and O–H groups in total. The van der Waals surface area contributed by atoms with Crippen LogP contribution in [-0.4, -0.2) is 9.97 Å². The molecular formula is C13H7BrClFN2. The Balaban J connectivity index is 2.19. The lowest BCUT2D eigenvalue weighted by atomic mass is 10.2. The van der Waals surface area contributed by atoms with Crippen molar-refractivity contribution in [3.63, 3.8) is 0 Å². The van der Waals surface area contributed by atoms with E-state index in [9.17, 15) is 4.39 Å². The Morgan fingerprint density at radius 1 is 1.17 bits per heavy atom. The number of aromatic amines is 1. The minimum Gasteiger partial charge on any atom is -0.338 e. The molecule has 0 unspecified atom stereocenters. The van der Waals surface area contributed by atoms with Gasteiger partial charge in [-0.05, 0) is 36.4 Å². The van der Waals surface area contributed by atoms with Gasteiger partial charge in [-0.1, -0.05) is 27.5 Å². The summed E-state index contributed by atoms with van der Waals surface area (Å²) in [7, 11) is 0. The highest BCUT2D eigenvalue weighted by atomic mass is 79.9. The summed E-state index contributed by atoms with van der Waals surface area (Å²) in [6.45, 7) is 0. The van der Waals surface area contributed by atoms with Crippen molar-refractivity contribution in [1.29, 1.82) is 0 Å². The Morgan fingerprint density at radius 3 is 2.61 bits per heavy atom. The molecule has 1 heterocycles. The van der Waals surface area contributed by atoms with Crippen LogP contribution in [0.1, 0.15) is 0 Å². The average Bonchev–Trinajstić information content (AvgIpc) is 2.74. The molecule has 0 aliphatic rings. The van der Waals surface area contributed by atoms with Gasteiger partial charge in [0.15, 0.2) is 0 Å². The SMILES string of the molecule is Fc1ccc(-c2nc3c(Cl)cc(Br)cc3[nH]2)cc1. The van der Waals surface area contributed by atoms with E-state index in [0.29, 0.717) is 16.4 Å². The first-order valence-electron chi connectivity index (χ1n) is 5.24. The van der Waals surface area contributed by atoms with Gasteiger partial charge in [0.25, 0.3) is 0 Å². The van der Waals surface area contributed by atoms with Crippen LogP contribution in [0.15, 0.2) is 40.9 Å². The number of halogens is 3. The fourth-order valence-electron chi connectivity index (χ4n) is 1.79. The highest BCUT2D eigenvalue weighted by Crippen LogP contribution is 2.29. The standard InChI is InChI=1S/C13H7BrClFN2/c14-8-5-10(15)12-11(6-8)17-13(18-12)7-1-3-9(16)4-2-7/h1-6H,(H,17,18). The molecule has 5 heteroatoms. The minimum atomic E-state index is -0.268. The summed E-state index contributed by atoms with van der Waals surface area (Å²) in [5.74, 6) is 0.403. The van der Waals surface area contributed by atoms with E-state index in [2.05, 4.69) is 25.9 Å². The Hall–Kier alpha value is -1.39. The number of hydrogen-bond acceptors (Lipinski definition) is 1. The first kappa shape index (κ1) is 11.7. The summed E-state index contributed by atoms with van der Waals surface area (Å²) in [6, 6.07) is 9.85. The van der Waals surface area contributed by atoms with Crippen molar-refractivity contribution in [3.05, 3.63) is 51.7 Å². The van der Waals surface area contributed by atoms with E-state index in [4.69, 9.17) is 11.6 Å². The molecule has 0 fully saturated rings. The average molecular weight is 326 g/mol. The van der Waals surface area contributed by atoms with Gasteiger partial charge in [0, 0.05) is 10.0 Å². The first-order valence-corrected chi connectivity index (χ1v) is 6.41. The second kappa shape index (κ2) is 4.37. The van der Waals surface area contributed by atoms with Gasteiger partial charge in [-0.3, -0.25) is 0 Å². The van der Waals surface area contributed by atoms with Gasteiger partial charge in [0.1, 0.15) is 17.2 Å². The van der Waals surface area contributed by atoms with Crippen LogP contribution in [0.3, 0.4) is 0 Å². The second-order valence-corrected chi connectivity index (χ2v) is 5.20. The molecule has 2 aromatic carbocycles. The number of aromatic nitrogens is 2. The molecule has 0 aliphatic carbocycles. The van der Waals surface area contributed by atoms with E-state index in [-0.39, 0.29) is 5.82 Å². The molecule has 90 valence electrons. The van der Waals surface area contributed by atoms with Crippen LogP contribution < -0.4 is 0 Å². The molecule has 3 rings (SSSR count). The Bertz CT molecular complexity index is 722. The van der Waals surface area contributed by atoms with E-state index in [1.54, 1.807) is 18.2 Å². The Labute approximate surface area is 116 Å². The number of imidazole rings is 1. The lowest BCUT2D eigenvalue weighted by Gasteiger charge is -1.94. The minimum absolute atomic E-state index is 0.268. The predicted octanol–water partition coefficient (Wildman–Crippen LogP) is 4.78. The quantitative estimate of drug-likeness (QED) is 0.685. The summed E-state index contributed by atoms with van der Waals surface area (Å²) in [4.78, 5) is 7.59. The summed E-state index contributed by atoms with van der Waals surface area (Å²) < 4.78 is 13.7. The molecule has 0 radical (unpaired) electrons. The maximum atomic E-state index is 12.9. The molecule has 0 amide bonds. The van der Waals surface area contributed by atoms with Crippen molar-refractivity contribution in [3.8, 4) is 11.4 Å². The normalized spacial score (nSPS) is 11.1. The number of H-pyrrole nitrogens is 1. The molecule has 0 spiro atoms. The Morgan fingerprint density at radius 2 is 1.89 bits per heavy atom. The zero-order valence-electron chi connectivity index (χ0n) is 9.05. The lowest BCUT2D eigenvalue weighted by Crippen LogP contribution is -1.80. The third kappa shape index (κ3) is 2.02. The van der Waals surface area contributed by atoms with E-state index >= 15 is 0 Å². The molecule has 18 heavy (non-hydrogen) atoms. The molecule has 0 atom stereocenters. The van der Waals surface area contributed by atoms with Gasteiger partial charge in [-0.25, -0.2) is 9.37 Å². The number of nitrogens with one attached hydrogen (secondary N) is 1. The number of fused-ring (bicyclic) bond motifs is 1.